The zero-order valence-electron chi connectivity index (χ0n) is 13.5. The van der Waals surface area contributed by atoms with Crippen molar-refractivity contribution in [1.82, 2.24) is 9.88 Å². The molecule has 0 unspecified atom stereocenters. The zero-order valence-corrected chi connectivity index (χ0v) is 15.0. The number of benzene rings is 2. The van der Waals surface area contributed by atoms with Gasteiger partial charge >= 0.3 is 0 Å². The van der Waals surface area contributed by atoms with Crippen molar-refractivity contribution in [3.8, 4) is 0 Å². The fourth-order valence-electron chi connectivity index (χ4n) is 2.70. The van der Waals surface area contributed by atoms with Gasteiger partial charge in [0, 0.05) is 27.7 Å². The summed E-state index contributed by atoms with van der Waals surface area (Å²) < 4.78 is 1.73. The van der Waals surface area contributed by atoms with E-state index in [2.05, 4.69) is 5.32 Å². The number of pyridine rings is 1. The van der Waals surface area contributed by atoms with E-state index in [0.717, 1.165) is 5.56 Å². The van der Waals surface area contributed by atoms with Crippen LogP contribution in [0, 0.1) is 0 Å². The first-order valence-corrected chi connectivity index (χ1v) is 8.53. The molecule has 0 aliphatic heterocycles. The molecule has 0 saturated carbocycles. The van der Waals surface area contributed by atoms with Crippen molar-refractivity contribution >= 4 is 40.0 Å². The van der Waals surface area contributed by atoms with Gasteiger partial charge in [0.05, 0.1) is 11.6 Å². The molecule has 25 heavy (non-hydrogen) atoms. The minimum Gasteiger partial charge on any atom is -0.348 e. The molecule has 1 aromatic heterocycles. The number of amides is 1. The van der Waals surface area contributed by atoms with Gasteiger partial charge in [0.25, 0.3) is 0 Å². The maximum atomic E-state index is 12.4. The molecule has 6 heteroatoms. The van der Waals surface area contributed by atoms with Crippen LogP contribution in [0.2, 0.25) is 10.0 Å². The fraction of sp³-hybridized carbons (Fsp3) is 0.158. The maximum absolute atomic E-state index is 12.4. The molecule has 1 N–H and O–H groups in total. The van der Waals surface area contributed by atoms with E-state index in [1.54, 1.807) is 41.1 Å². The summed E-state index contributed by atoms with van der Waals surface area (Å²) in [6.07, 6.45) is 1.62. The van der Waals surface area contributed by atoms with Crippen LogP contribution in [0.25, 0.3) is 10.9 Å². The summed E-state index contributed by atoms with van der Waals surface area (Å²) in [6.45, 7) is 2.01. The number of hydrogen-bond acceptors (Lipinski definition) is 2. The van der Waals surface area contributed by atoms with Crippen LogP contribution in [0.4, 0.5) is 0 Å². The maximum Gasteiger partial charge on any atom is 0.240 e. The van der Waals surface area contributed by atoms with Gasteiger partial charge < -0.3 is 9.88 Å². The second kappa shape index (κ2) is 7.30. The third-order valence-corrected chi connectivity index (χ3v) is 4.49. The highest BCUT2D eigenvalue weighted by molar-refractivity contribution is 6.31. The minimum atomic E-state index is -0.151. The molecule has 0 spiro atoms. The monoisotopic (exact) mass is 374 g/mol. The number of rotatable bonds is 4. The number of hydrogen-bond donors (Lipinski definition) is 1. The normalized spacial score (nSPS) is 12.1. The summed E-state index contributed by atoms with van der Waals surface area (Å²) in [5.74, 6) is -0.151. The van der Waals surface area contributed by atoms with Crippen molar-refractivity contribution in [3.05, 3.63) is 80.6 Å². The van der Waals surface area contributed by atoms with E-state index in [1.165, 1.54) is 6.07 Å². The largest absolute Gasteiger partial charge is 0.348 e. The van der Waals surface area contributed by atoms with Crippen molar-refractivity contribution in [2.75, 3.05) is 0 Å². The number of carbonyl (C=O) groups excluding carboxylic acids is 1. The van der Waals surface area contributed by atoms with Gasteiger partial charge in [0.15, 0.2) is 5.43 Å². The Morgan fingerprint density at radius 1 is 1.08 bits per heavy atom. The van der Waals surface area contributed by atoms with E-state index in [-0.39, 0.29) is 23.9 Å². The van der Waals surface area contributed by atoms with Crippen molar-refractivity contribution in [3.63, 3.8) is 0 Å². The highest BCUT2D eigenvalue weighted by Gasteiger charge is 2.11. The molecule has 2 aromatic carbocycles. The summed E-state index contributed by atoms with van der Waals surface area (Å²) in [7, 11) is 0. The van der Waals surface area contributed by atoms with Gasteiger partial charge in [-0.3, -0.25) is 9.59 Å². The number of fused-ring (bicyclic) bond motifs is 1. The Morgan fingerprint density at radius 2 is 1.76 bits per heavy atom. The van der Waals surface area contributed by atoms with Crippen LogP contribution in [0.1, 0.15) is 18.5 Å². The molecule has 4 nitrogen and oxygen atoms in total. The Balaban J connectivity index is 1.79. The van der Waals surface area contributed by atoms with Crippen molar-refractivity contribution in [1.29, 1.82) is 0 Å². The van der Waals surface area contributed by atoms with E-state index in [0.29, 0.717) is 20.9 Å². The number of nitrogens with zero attached hydrogens (tertiary/aromatic N) is 1. The van der Waals surface area contributed by atoms with Gasteiger partial charge in [-0.25, -0.2) is 0 Å². The van der Waals surface area contributed by atoms with Crippen molar-refractivity contribution in [2.24, 2.45) is 0 Å². The predicted molar refractivity (Wildman–Crippen MR) is 101 cm³/mol. The molecular weight excluding hydrogens is 359 g/mol. The lowest BCUT2D eigenvalue weighted by molar-refractivity contribution is -0.122. The highest BCUT2D eigenvalue weighted by Crippen LogP contribution is 2.18. The molecule has 1 amide bonds. The Kier molecular flexibility index (Phi) is 5.11. The average Bonchev–Trinajstić information content (AvgIpc) is 2.58. The molecule has 1 heterocycles. The summed E-state index contributed by atoms with van der Waals surface area (Å²) in [4.78, 5) is 24.4. The number of halogens is 2. The third kappa shape index (κ3) is 4.03. The smallest absolute Gasteiger partial charge is 0.240 e. The molecule has 0 bridgehead atoms. The Bertz CT molecular complexity index is 981. The van der Waals surface area contributed by atoms with Crippen molar-refractivity contribution < 1.29 is 4.79 Å². The zero-order chi connectivity index (χ0) is 18.0. The molecule has 0 radical (unpaired) electrons. The van der Waals surface area contributed by atoms with Gasteiger partial charge in [0.2, 0.25) is 5.91 Å². The second-order valence-electron chi connectivity index (χ2n) is 5.81. The molecule has 1 atom stereocenters. The van der Waals surface area contributed by atoms with E-state index in [4.69, 9.17) is 23.2 Å². The van der Waals surface area contributed by atoms with Gasteiger partial charge in [-0.2, -0.15) is 0 Å². The molecule has 128 valence electrons. The third-order valence-electron chi connectivity index (χ3n) is 4.00. The molecule has 0 aliphatic rings. The molecule has 0 aliphatic carbocycles. The van der Waals surface area contributed by atoms with E-state index < -0.39 is 0 Å². The lowest BCUT2D eigenvalue weighted by Gasteiger charge is -2.16. The molecule has 0 saturated heterocycles. The Morgan fingerprint density at radius 3 is 2.48 bits per heavy atom. The van der Waals surface area contributed by atoms with Crippen LogP contribution in [-0.4, -0.2) is 10.5 Å². The molecule has 3 rings (SSSR count). The van der Waals surface area contributed by atoms with Gasteiger partial charge in [-0.1, -0.05) is 35.3 Å². The predicted octanol–water partition coefficient (Wildman–Crippen LogP) is 4.19. The lowest BCUT2D eigenvalue weighted by atomic mass is 10.1. The van der Waals surface area contributed by atoms with Crippen LogP contribution >= 0.6 is 23.2 Å². The van der Waals surface area contributed by atoms with Gasteiger partial charge in [-0.15, -0.1) is 0 Å². The first-order chi connectivity index (χ1) is 11.9. The Hall–Kier alpha value is -2.30. The molecular formula is C19H16Cl2N2O2. The number of nitrogens with one attached hydrogen (secondary N) is 1. The first-order valence-electron chi connectivity index (χ1n) is 7.77. The van der Waals surface area contributed by atoms with Gasteiger partial charge in [0.1, 0.15) is 6.54 Å². The van der Waals surface area contributed by atoms with E-state index in [9.17, 15) is 9.59 Å². The summed E-state index contributed by atoms with van der Waals surface area (Å²) in [6, 6.07) is 13.7. The lowest BCUT2D eigenvalue weighted by Crippen LogP contribution is -2.30. The molecule has 3 aromatic rings. The quantitative estimate of drug-likeness (QED) is 0.744. The summed E-state index contributed by atoms with van der Waals surface area (Å²) in [5.41, 5.74) is 1.52. The number of carbonyl (C=O) groups is 1. The van der Waals surface area contributed by atoms with Crippen LogP contribution in [0.5, 0.6) is 0 Å². The average molecular weight is 375 g/mol. The number of aromatic nitrogens is 1. The van der Waals surface area contributed by atoms with Crippen LogP contribution in [-0.2, 0) is 11.3 Å². The van der Waals surface area contributed by atoms with E-state index in [1.807, 2.05) is 19.1 Å². The second-order valence-corrected chi connectivity index (χ2v) is 6.68. The summed E-state index contributed by atoms with van der Waals surface area (Å²) >= 11 is 11.8. The first kappa shape index (κ1) is 17.5. The fourth-order valence-corrected chi connectivity index (χ4v) is 3.00. The SMILES string of the molecule is C[C@H](NC(=O)Cn1ccc(=O)c2cc(Cl)ccc21)c1ccc(Cl)cc1. The topological polar surface area (TPSA) is 51.1 Å². The van der Waals surface area contributed by atoms with Crippen LogP contribution in [0.3, 0.4) is 0 Å². The van der Waals surface area contributed by atoms with Gasteiger partial charge in [-0.05, 0) is 42.8 Å². The van der Waals surface area contributed by atoms with E-state index >= 15 is 0 Å². The van der Waals surface area contributed by atoms with Crippen molar-refractivity contribution in [2.45, 2.75) is 19.5 Å². The molecule has 0 fully saturated rings. The highest BCUT2D eigenvalue weighted by atomic mass is 35.5. The Labute approximate surface area is 155 Å². The van der Waals surface area contributed by atoms with Crippen LogP contribution < -0.4 is 10.7 Å². The minimum absolute atomic E-state index is 0.107. The van der Waals surface area contributed by atoms with Crippen LogP contribution in [0.15, 0.2) is 59.5 Å². The standard InChI is InChI=1S/C19H16Cl2N2O2/c1-12(13-2-4-14(20)5-3-13)22-19(25)11-23-9-8-18(24)16-10-15(21)6-7-17(16)23/h2-10,12H,11H2,1H3,(H,22,25)/t12-/m0/s1. The summed E-state index contributed by atoms with van der Waals surface area (Å²) in [5, 5.41) is 4.58.